The number of nitrogens with zero attached hydrogens (tertiary/aromatic N) is 2. The molecule has 0 amide bonds. The van der Waals surface area contributed by atoms with Crippen molar-refractivity contribution in [2.24, 2.45) is 0 Å². The number of hydrogen-bond acceptors (Lipinski definition) is 1. The van der Waals surface area contributed by atoms with Crippen LogP contribution in [0, 0.1) is 0 Å². The number of rotatable bonds is 2. The Labute approximate surface area is 223 Å². The molecule has 0 radical (unpaired) electrons. The number of benzene rings is 6. The molecule has 0 unspecified atom stereocenters. The first-order valence-corrected chi connectivity index (χ1v) is 13.3. The SMILES string of the molecule is c1cc(-n2c3ccccc3c3ccccc32)c2oc3c(-n4c5ccccc5c5ccccc54)cccc3c2c1. The molecule has 9 aromatic rings. The number of furan rings is 1. The maximum atomic E-state index is 6.92. The van der Waals surface area contributed by atoms with E-state index in [0.29, 0.717) is 0 Å². The second kappa shape index (κ2) is 7.62. The summed E-state index contributed by atoms with van der Waals surface area (Å²) >= 11 is 0. The molecule has 0 aliphatic heterocycles. The summed E-state index contributed by atoms with van der Waals surface area (Å²) in [6, 6.07) is 47.4. The fraction of sp³-hybridized carbons (Fsp3) is 0. The first kappa shape index (κ1) is 20.7. The first-order valence-electron chi connectivity index (χ1n) is 13.3. The van der Waals surface area contributed by atoms with Gasteiger partial charge in [0.15, 0.2) is 11.2 Å². The lowest BCUT2D eigenvalue weighted by atomic mass is 10.1. The van der Waals surface area contributed by atoms with Crippen LogP contribution in [0.2, 0.25) is 0 Å². The minimum atomic E-state index is 0.896. The van der Waals surface area contributed by atoms with E-state index in [-0.39, 0.29) is 0 Å². The Balaban J connectivity index is 1.41. The van der Waals surface area contributed by atoms with Crippen molar-refractivity contribution in [2.45, 2.75) is 0 Å². The first-order chi connectivity index (χ1) is 19.4. The van der Waals surface area contributed by atoms with Crippen molar-refractivity contribution >= 4 is 65.6 Å². The second-order valence-electron chi connectivity index (χ2n) is 10.1. The van der Waals surface area contributed by atoms with Crippen LogP contribution >= 0.6 is 0 Å². The molecule has 0 aliphatic carbocycles. The van der Waals surface area contributed by atoms with Crippen LogP contribution in [-0.4, -0.2) is 9.13 Å². The van der Waals surface area contributed by atoms with Crippen LogP contribution < -0.4 is 0 Å². The summed E-state index contributed by atoms with van der Waals surface area (Å²) < 4.78 is 11.6. The molecule has 0 saturated carbocycles. The second-order valence-corrected chi connectivity index (χ2v) is 10.1. The van der Waals surface area contributed by atoms with E-state index in [1.54, 1.807) is 0 Å². The normalized spacial score (nSPS) is 12.1. The van der Waals surface area contributed by atoms with Crippen molar-refractivity contribution in [1.82, 2.24) is 9.13 Å². The zero-order valence-corrected chi connectivity index (χ0v) is 21.0. The quantitative estimate of drug-likeness (QED) is 0.233. The molecule has 0 fully saturated rings. The highest BCUT2D eigenvalue weighted by molar-refractivity contribution is 6.15. The average molecular weight is 499 g/mol. The topological polar surface area (TPSA) is 23.0 Å². The van der Waals surface area contributed by atoms with Crippen molar-refractivity contribution in [1.29, 1.82) is 0 Å². The van der Waals surface area contributed by atoms with Gasteiger partial charge in [0.05, 0.1) is 33.4 Å². The van der Waals surface area contributed by atoms with Gasteiger partial charge in [0.2, 0.25) is 0 Å². The number of aromatic nitrogens is 2. The van der Waals surface area contributed by atoms with E-state index in [9.17, 15) is 0 Å². The van der Waals surface area contributed by atoms with Gasteiger partial charge in [-0.05, 0) is 36.4 Å². The lowest BCUT2D eigenvalue weighted by molar-refractivity contribution is 0.664. The van der Waals surface area contributed by atoms with Gasteiger partial charge < -0.3 is 13.6 Å². The van der Waals surface area contributed by atoms with Gasteiger partial charge in [-0.1, -0.05) is 97.1 Å². The molecule has 0 N–H and O–H groups in total. The Bertz CT molecular complexity index is 2120. The summed E-state index contributed by atoms with van der Waals surface area (Å²) in [5, 5.41) is 7.21. The summed E-state index contributed by atoms with van der Waals surface area (Å²) in [6.07, 6.45) is 0. The standard InChI is InChI=1S/C36H22N2O/c1-5-17-29-23(11-1)24-12-2-6-18-30(24)37(29)33-21-9-15-27-28-16-10-22-34(36(28)39-35(27)33)38-31-19-7-3-13-25(31)26-14-4-8-20-32(26)38/h1-22H. The lowest BCUT2D eigenvalue weighted by Crippen LogP contribution is -1.94. The van der Waals surface area contributed by atoms with Gasteiger partial charge in [-0.25, -0.2) is 0 Å². The summed E-state index contributed by atoms with van der Waals surface area (Å²) in [5.41, 5.74) is 8.59. The van der Waals surface area contributed by atoms with E-state index < -0.39 is 0 Å². The number of para-hydroxylation sites is 6. The van der Waals surface area contributed by atoms with Crippen molar-refractivity contribution < 1.29 is 4.42 Å². The van der Waals surface area contributed by atoms with E-state index >= 15 is 0 Å². The lowest BCUT2D eigenvalue weighted by Gasteiger charge is -2.09. The molecule has 9 rings (SSSR count). The highest BCUT2D eigenvalue weighted by Crippen LogP contribution is 2.41. The van der Waals surface area contributed by atoms with E-state index in [0.717, 1.165) is 33.3 Å². The molecule has 3 heteroatoms. The Morgan fingerprint density at radius 2 is 0.615 bits per heavy atom. The van der Waals surface area contributed by atoms with Crippen LogP contribution in [0.5, 0.6) is 0 Å². The van der Waals surface area contributed by atoms with E-state index in [1.165, 1.54) is 43.6 Å². The van der Waals surface area contributed by atoms with Crippen LogP contribution in [-0.2, 0) is 0 Å². The Kier molecular flexibility index (Phi) is 4.05. The predicted octanol–water partition coefficient (Wildman–Crippen LogP) is 9.78. The van der Waals surface area contributed by atoms with Crippen molar-refractivity contribution in [3.8, 4) is 11.4 Å². The molecule has 182 valence electrons. The smallest absolute Gasteiger partial charge is 0.159 e. The molecule has 0 spiro atoms. The zero-order chi connectivity index (χ0) is 25.5. The minimum Gasteiger partial charge on any atom is -0.452 e. The monoisotopic (exact) mass is 498 g/mol. The molecule has 3 aromatic heterocycles. The Morgan fingerprint density at radius 1 is 0.308 bits per heavy atom. The molecule has 0 bridgehead atoms. The van der Waals surface area contributed by atoms with E-state index in [4.69, 9.17) is 4.42 Å². The van der Waals surface area contributed by atoms with Crippen molar-refractivity contribution in [3.63, 3.8) is 0 Å². The summed E-state index contributed by atoms with van der Waals surface area (Å²) in [6.45, 7) is 0. The van der Waals surface area contributed by atoms with Crippen molar-refractivity contribution in [2.75, 3.05) is 0 Å². The summed E-state index contributed by atoms with van der Waals surface area (Å²) in [7, 11) is 0. The molecule has 39 heavy (non-hydrogen) atoms. The fourth-order valence-electron chi connectivity index (χ4n) is 6.51. The molecule has 0 aliphatic rings. The largest absolute Gasteiger partial charge is 0.452 e. The Hall–Kier alpha value is -5.28. The highest BCUT2D eigenvalue weighted by Gasteiger charge is 2.20. The van der Waals surface area contributed by atoms with Crippen LogP contribution in [0.4, 0.5) is 0 Å². The van der Waals surface area contributed by atoms with Crippen molar-refractivity contribution in [3.05, 3.63) is 133 Å². The molecule has 3 nitrogen and oxygen atoms in total. The van der Waals surface area contributed by atoms with Crippen LogP contribution in [0.25, 0.3) is 76.9 Å². The zero-order valence-electron chi connectivity index (χ0n) is 21.0. The average Bonchev–Trinajstić information content (AvgIpc) is 3.65. The van der Waals surface area contributed by atoms with Crippen LogP contribution in [0.3, 0.4) is 0 Å². The number of fused-ring (bicyclic) bond motifs is 9. The molecule has 6 aromatic carbocycles. The highest BCUT2D eigenvalue weighted by atomic mass is 16.3. The maximum absolute atomic E-state index is 6.92. The van der Waals surface area contributed by atoms with E-state index in [1.807, 2.05) is 0 Å². The molecule has 3 heterocycles. The maximum Gasteiger partial charge on any atom is 0.159 e. The van der Waals surface area contributed by atoms with Crippen LogP contribution in [0.15, 0.2) is 138 Å². The number of hydrogen-bond donors (Lipinski definition) is 0. The minimum absolute atomic E-state index is 0.896. The molecule has 0 atom stereocenters. The Morgan fingerprint density at radius 3 is 0.974 bits per heavy atom. The van der Waals surface area contributed by atoms with Gasteiger partial charge in [0.25, 0.3) is 0 Å². The third-order valence-electron chi connectivity index (χ3n) is 8.12. The molecular formula is C36H22N2O. The van der Waals surface area contributed by atoms with Gasteiger partial charge in [-0.15, -0.1) is 0 Å². The van der Waals surface area contributed by atoms with Crippen LogP contribution in [0.1, 0.15) is 0 Å². The van der Waals surface area contributed by atoms with Gasteiger partial charge in [0, 0.05) is 32.3 Å². The predicted molar refractivity (Wildman–Crippen MR) is 162 cm³/mol. The molecular weight excluding hydrogens is 476 g/mol. The van der Waals surface area contributed by atoms with Gasteiger partial charge in [-0.2, -0.15) is 0 Å². The third kappa shape index (κ3) is 2.71. The summed E-state index contributed by atoms with van der Waals surface area (Å²) in [4.78, 5) is 0. The molecule has 0 saturated heterocycles. The van der Waals surface area contributed by atoms with E-state index in [2.05, 4.69) is 143 Å². The third-order valence-corrected chi connectivity index (χ3v) is 8.12. The summed E-state index contributed by atoms with van der Waals surface area (Å²) in [5.74, 6) is 0. The van der Waals surface area contributed by atoms with Gasteiger partial charge >= 0.3 is 0 Å². The van der Waals surface area contributed by atoms with Gasteiger partial charge in [-0.3, -0.25) is 0 Å². The fourth-order valence-corrected chi connectivity index (χ4v) is 6.51. The van der Waals surface area contributed by atoms with Gasteiger partial charge in [0.1, 0.15) is 0 Å².